The summed E-state index contributed by atoms with van der Waals surface area (Å²) in [5, 5.41) is 9.57. The molecule has 1 heterocycles. The van der Waals surface area contributed by atoms with Crippen LogP contribution in [0, 0.1) is 0 Å². The molecule has 7 heteroatoms. The van der Waals surface area contributed by atoms with Crippen molar-refractivity contribution in [2.75, 3.05) is 13.2 Å². The first kappa shape index (κ1) is 11.3. The lowest BCUT2D eigenvalue weighted by molar-refractivity contribution is 0.169. The lowest BCUT2D eigenvalue weighted by atomic mass is 10.2. The minimum absolute atomic E-state index is 0.132. The van der Waals surface area contributed by atoms with Gasteiger partial charge in [-0.1, -0.05) is 0 Å². The van der Waals surface area contributed by atoms with Gasteiger partial charge >= 0.3 is 0 Å². The number of fused-ring (bicyclic) bond motifs is 1. The van der Waals surface area contributed by atoms with Crippen molar-refractivity contribution in [3.05, 3.63) is 17.7 Å². The van der Waals surface area contributed by atoms with Crippen molar-refractivity contribution in [3.8, 4) is 17.2 Å². The number of ether oxygens (including phenoxy) is 2. The van der Waals surface area contributed by atoms with E-state index in [2.05, 4.69) is 0 Å². The highest BCUT2D eigenvalue weighted by Gasteiger charge is 2.22. The monoisotopic (exact) mass is 264 g/mol. The Kier molecular flexibility index (Phi) is 2.86. The van der Waals surface area contributed by atoms with Crippen LogP contribution in [0.5, 0.6) is 17.2 Å². The minimum Gasteiger partial charge on any atom is -0.507 e. The van der Waals surface area contributed by atoms with Gasteiger partial charge < -0.3 is 14.6 Å². The largest absolute Gasteiger partial charge is 0.507 e. The lowest BCUT2D eigenvalue weighted by Gasteiger charge is -2.21. The predicted octanol–water partition coefficient (Wildman–Crippen LogP) is 1.23. The minimum atomic E-state index is -3.76. The summed E-state index contributed by atoms with van der Waals surface area (Å²) >= 11 is 0. The fraction of sp³-hybridized carbons (Fsp3) is 0.333. The maximum atomic E-state index is 11.0. The molecule has 0 saturated heterocycles. The number of halogens is 1. The summed E-state index contributed by atoms with van der Waals surface area (Å²) in [6.45, 7) is 0.705. The predicted molar refractivity (Wildman–Crippen MR) is 57.6 cm³/mol. The highest BCUT2D eigenvalue weighted by molar-refractivity contribution is 8.13. The van der Waals surface area contributed by atoms with E-state index in [4.69, 9.17) is 20.2 Å². The van der Waals surface area contributed by atoms with Gasteiger partial charge in [0.05, 0.1) is 11.3 Å². The van der Waals surface area contributed by atoms with Gasteiger partial charge in [-0.25, -0.2) is 8.42 Å². The first-order chi connectivity index (χ1) is 7.47. The first-order valence-electron chi connectivity index (χ1n) is 4.50. The fourth-order valence-corrected chi connectivity index (χ4v) is 2.43. The summed E-state index contributed by atoms with van der Waals surface area (Å²) in [7, 11) is 1.39. The second-order valence-electron chi connectivity index (χ2n) is 3.27. The van der Waals surface area contributed by atoms with Crippen LogP contribution in [0.2, 0.25) is 0 Å². The van der Waals surface area contributed by atoms with Crippen LogP contribution in [-0.4, -0.2) is 26.7 Å². The van der Waals surface area contributed by atoms with E-state index in [1.807, 2.05) is 0 Å². The van der Waals surface area contributed by atoms with Crippen LogP contribution in [0.4, 0.5) is 0 Å². The Hall–Kier alpha value is -1.14. The molecule has 0 radical (unpaired) electrons. The molecule has 1 aromatic rings. The third-order valence-corrected chi connectivity index (χ3v) is 3.06. The van der Waals surface area contributed by atoms with Gasteiger partial charge in [-0.05, 0) is 12.1 Å². The molecule has 0 spiro atoms. The zero-order chi connectivity index (χ0) is 11.8. The molecule has 0 amide bonds. The first-order valence-corrected chi connectivity index (χ1v) is 6.98. The number of benzene rings is 1. The van der Waals surface area contributed by atoms with Crippen molar-refractivity contribution in [2.45, 2.75) is 5.75 Å². The second kappa shape index (κ2) is 4.03. The maximum Gasteiger partial charge on any atom is 0.237 e. The van der Waals surface area contributed by atoms with Gasteiger partial charge in [-0.2, -0.15) is 0 Å². The second-order valence-corrected chi connectivity index (χ2v) is 6.05. The van der Waals surface area contributed by atoms with E-state index in [9.17, 15) is 13.5 Å². The van der Waals surface area contributed by atoms with Gasteiger partial charge in [0.2, 0.25) is 9.05 Å². The van der Waals surface area contributed by atoms with Crippen molar-refractivity contribution >= 4 is 19.7 Å². The molecule has 88 valence electrons. The lowest BCUT2D eigenvalue weighted by Crippen LogP contribution is -2.17. The van der Waals surface area contributed by atoms with Crippen molar-refractivity contribution in [1.82, 2.24) is 0 Å². The van der Waals surface area contributed by atoms with Crippen molar-refractivity contribution in [3.63, 3.8) is 0 Å². The Bertz CT molecular complexity index is 511. The van der Waals surface area contributed by atoms with Gasteiger partial charge in [0, 0.05) is 10.7 Å². The number of phenols is 1. The summed E-state index contributed by atoms with van der Waals surface area (Å²) in [6.07, 6.45) is 0. The standard InChI is InChI=1S/C9H9ClO5S/c10-16(12,13)5-6-7(11)1-2-8-9(6)15-4-3-14-8/h1-2,11H,3-5H2. The van der Waals surface area contributed by atoms with Crippen LogP contribution in [0.3, 0.4) is 0 Å². The zero-order valence-electron chi connectivity index (χ0n) is 8.14. The summed E-state index contributed by atoms with van der Waals surface area (Å²) in [6, 6.07) is 2.87. The quantitative estimate of drug-likeness (QED) is 0.814. The molecule has 0 atom stereocenters. The molecule has 1 aliphatic heterocycles. The van der Waals surface area contributed by atoms with Gasteiger partial charge in [-0.15, -0.1) is 0 Å². The Morgan fingerprint density at radius 2 is 2.00 bits per heavy atom. The van der Waals surface area contributed by atoms with E-state index in [1.165, 1.54) is 12.1 Å². The molecular formula is C9H9ClO5S. The van der Waals surface area contributed by atoms with Crippen molar-refractivity contribution in [1.29, 1.82) is 0 Å². The molecule has 16 heavy (non-hydrogen) atoms. The number of rotatable bonds is 2. The highest BCUT2D eigenvalue weighted by atomic mass is 35.7. The van der Waals surface area contributed by atoms with Crippen LogP contribution in [-0.2, 0) is 14.8 Å². The van der Waals surface area contributed by atoms with Crippen LogP contribution >= 0.6 is 10.7 Å². The SMILES string of the molecule is O=S(=O)(Cl)Cc1c(O)ccc2c1OCCO2. The fourth-order valence-electron chi connectivity index (χ4n) is 1.48. The van der Waals surface area contributed by atoms with E-state index in [0.717, 1.165) is 0 Å². The maximum absolute atomic E-state index is 11.0. The molecule has 0 aromatic heterocycles. The van der Waals surface area contributed by atoms with Gasteiger partial charge in [0.25, 0.3) is 0 Å². The highest BCUT2D eigenvalue weighted by Crippen LogP contribution is 2.40. The van der Waals surface area contributed by atoms with E-state index in [0.29, 0.717) is 19.0 Å². The number of hydrogen-bond acceptors (Lipinski definition) is 5. The summed E-state index contributed by atoms with van der Waals surface area (Å²) in [5.74, 6) is -0.00395. The van der Waals surface area contributed by atoms with Crippen LogP contribution in [0.15, 0.2) is 12.1 Å². The van der Waals surface area contributed by atoms with Crippen molar-refractivity contribution in [2.24, 2.45) is 0 Å². The average Bonchev–Trinajstić information content (AvgIpc) is 2.21. The van der Waals surface area contributed by atoms with Gasteiger partial charge in [0.1, 0.15) is 19.0 Å². The van der Waals surface area contributed by atoms with E-state index < -0.39 is 14.8 Å². The van der Waals surface area contributed by atoms with Crippen LogP contribution in [0.25, 0.3) is 0 Å². The summed E-state index contributed by atoms with van der Waals surface area (Å²) in [4.78, 5) is 0. The molecule has 0 fully saturated rings. The number of hydrogen-bond donors (Lipinski definition) is 1. The number of phenolic OH excluding ortho intramolecular Hbond substituents is 1. The molecule has 1 aromatic carbocycles. The molecule has 5 nitrogen and oxygen atoms in total. The summed E-state index contributed by atoms with van der Waals surface area (Å²) in [5.41, 5.74) is 0.132. The third-order valence-electron chi connectivity index (χ3n) is 2.10. The van der Waals surface area contributed by atoms with Crippen molar-refractivity contribution < 1.29 is 23.0 Å². The van der Waals surface area contributed by atoms with Crippen LogP contribution < -0.4 is 9.47 Å². The summed E-state index contributed by atoms with van der Waals surface area (Å²) < 4.78 is 32.5. The molecule has 0 bridgehead atoms. The topological polar surface area (TPSA) is 72.8 Å². The molecule has 1 aliphatic rings. The normalized spacial score (nSPS) is 14.8. The van der Waals surface area contributed by atoms with Crippen LogP contribution in [0.1, 0.15) is 5.56 Å². The van der Waals surface area contributed by atoms with E-state index in [1.54, 1.807) is 0 Å². The molecule has 0 unspecified atom stereocenters. The molecule has 0 aliphatic carbocycles. The van der Waals surface area contributed by atoms with Gasteiger partial charge in [-0.3, -0.25) is 0 Å². The Morgan fingerprint density at radius 3 is 2.69 bits per heavy atom. The molecule has 0 saturated carbocycles. The Labute approximate surface area is 97.0 Å². The smallest absolute Gasteiger partial charge is 0.237 e. The van der Waals surface area contributed by atoms with E-state index >= 15 is 0 Å². The molecule has 2 rings (SSSR count). The average molecular weight is 265 g/mol. The van der Waals surface area contributed by atoms with Gasteiger partial charge in [0.15, 0.2) is 11.5 Å². The third kappa shape index (κ3) is 2.33. The van der Waals surface area contributed by atoms with E-state index in [-0.39, 0.29) is 17.1 Å². The molecule has 1 N–H and O–H groups in total. The zero-order valence-corrected chi connectivity index (χ0v) is 9.71. The number of aromatic hydroxyl groups is 1. The molecular weight excluding hydrogens is 256 g/mol. The Balaban J connectivity index is 2.50. The Morgan fingerprint density at radius 1 is 1.31 bits per heavy atom.